The van der Waals surface area contributed by atoms with Crippen molar-refractivity contribution in [1.29, 1.82) is 0 Å². The second-order valence-corrected chi connectivity index (χ2v) is 6.49. The van der Waals surface area contributed by atoms with Gasteiger partial charge in [0.05, 0.1) is 5.69 Å². The molecule has 0 unspecified atom stereocenters. The number of para-hydroxylation sites is 1. The molecule has 1 fully saturated rings. The molecule has 1 amide bonds. The van der Waals surface area contributed by atoms with E-state index in [2.05, 4.69) is 20.8 Å². The van der Waals surface area contributed by atoms with Crippen LogP contribution < -0.4 is 10.6 Å². The van der Waals surface area contributed by atoms with E-state index in [1.54, 1.807) is 12.4 Å². The van der Waals surface area contributed by atoms with Crippen LogP contribution in [0.2, 0.25) is 0 Å². The van der Waals surface area contributed by atoms with Gasteiger partial charge in [0, 0.05) is 31.3 Å². The molecule has 1 aliphatic heterocycles. The van der Waals surface area contributed by atoms with E-state index in [0.717, 1.165) is 37.2 Å². The standard InChI is InChI=1S/C19H22N6O/c26-18(19(7-11-20-12-8-19)25-14-4-10-23-25)21-15-16-5-1-2-6-17(16)24-13-3-9-22-24/h1-6,9-10,13-14,20H,7-8,11-12,15H2,(H,21,26). The summed E-state index contributed by atoms with van der Waals surface area (Å²) in [6.45, 7) is 2.06. The van der Waals surface area contributed by atoms with Crippen molar-refractivity contribution in [2.24, 2.45) is 0 Å². The lowest BCUT2D eigenvalue weighted by atomic mass is 9.87. The summed E-state index contributed by atoms with van der Waals surface area (Å²) in [7, 11) is 0. The van der Waals surface area contributed by atoms with E-state index in [-0.39, 0.29) is 5.91 Å². The Balaban J connectivity index is 1.55. The molecule has 2 aromatic heterocycles. The highest BCUT2D eigenvalue weighted by atomic mass is 16.2. The van der Waals surface area contributed by atoms with Gasteiger partial charge in [0.2, 0.25) is 5.91 Å². The third-order valence-electron chi connectivity index (χ3n) is 4.98. The minimum atomic E-state index is -0.630. The number of nitrogens with one attached hydrogen (secondary N) is 2. The number of aromatic nitrogens is 4. The lowest BCUT2D eigenvalue weighted by Crippen LogP contribution is -2.54. The van der Waals surface area contributed by atoms with Crippen LogP contribution in [-0.2, 0) is 16.9 Å². The summed E-state index contributed by atoms with van der Waals surface area (Å²) in [5, 5.41) is 15.1. The molecule has 1 aromatic carbocycles. The van der Waals surface area contributed by atoms with Gasteiger partial charge >= 0.3 is 0 Å². The average Bonchev–Trinajstić information content (AvgIpc) is 3.41. The van der Waals surface area contributed by atoms with Crippen molar-refractivity contribution in [3.8, 4) is 5.69 Å². The van der Waals surface area contributed by atoms with Gasteiger partial charge < -0.3 is 10.6 Å². The lowest BCUT2D eigenvalue weighted by molar-refractivity contribution is -0.132. The molecule has 0 atom stereocenters. The molecule has 1 aliphatic rings. The fourth-order valence-corrected chi connectivity index (χ4v) is 3.56. The first-order valence-corrected chi connectivity index (χ1v) is 8.87. The first-order valence-electron chi connectivity index (χ1n) is 8.87. The first-order chi connectivity index (χ1) is 12.8. The van der Waals surface area contributed by atoms with Crippen LogP contribution in [0, 0.1) is 0 Å². The topological polar surface area (TPSA) is 76.8 Å². The zero-order valence-electron chi connectivity index (χ0n) is 14.5. The van der Waals surface area contributed by atoms with Gasteiger partial charge in [-0.1, -0.05) is 18.2 Å². The van der Waals surface area contributed by atoms with Gasteiger partial charge in [0.25, 0.3) is 0 Å². The summed E-state index contributed by atoms with van der Waals surface area (Å²) in [5.74, 6) is 0.0120. The molecule has 7 heteroatoms. The number of rotatable bonds is 5. The SMILES string of the molecule is O=C(NCc1ccccc1-n1cccn1)C1(n2cccn2)CCNCC1. The Kier molecular flexibility index (Phi) is 4.53. The number of amides is 1. The minimum Gasteiger partial charge on any atom is -0.350 e. The lowest BCUT2D eigenvalue weighted by Gasteiger charge is -2.36. The van der Waals surface area contributed by atoms with E-state index in [0.29, 0.717) is 6.54 Å². The molecule has 0 saturated carbocycles. The molecule has 0 radical (unpaired) electrons. The number of nitrogens with zero attached hydrogens (tertiary/aromatic N) is 4. The first kappa shape index (κ1) is 16.5. The van der Waals surface area contributed by atoms with Crippen LogP contribution >= 0.6 is 0 Å². The molecule has 0 aliphatic carbocycles. The van der Waals surface area contributed by atoms with Crippen LogP contribution in [0.1, 0.15) is 18.4 Å². The monoisotopic (exact) mass is 350 g/mol. The van der Waals surface area contributed by atoms with E-state index in [4.69, 9.17) is 0 Å². The fraction of sp³-hybridized carbons (Fsp3) is 0.316. The number of carbonyl (C=O) groups is 1. The molecule has 2 N–H and O–H groups in total. The second-order valence-electron chi connectivity index (χ2n) is 6.49. The van der Waals surface area contributed by atoms with Gasteiger partial charge in [-0.2, -0.15) is 10.2 Å². The third-order valence-corrected chi connectivity index (χ3v) is 4.98. The molecule has 7 nitrogen and oxygen atoms in total. The smallest absolute Gasteiger partial charge is 0.248 e. The van der Waals surface area contributed by atoms with Crippen molar-refractivity contribution >= 4 is 5.91 Å². The second kappa shape index (κ2) is 7.13. The summed E-state index contributed by atoms with van der Waals surface area (Å²) in [6.07, 6.45) is 8.70. The Morgan fingerprint density at radius 3 is 2.58 bits per heavy atom. The Hall–Kier alpha value is -2.93. The minimum absolute atomic E-state index is 0.0120. The van der Waals surface area contributed by atoms with Gasteiger partial charge in [-0.05, 0) is 49.7 Å². The van der Waals surface area contributed by atoms with Gasteiger partial charge in [-0.25, -0.2) is 4.68 Å². The fourth-order valence-electron chi connectivity index (χ4n) is 3.56. The van der Waals surface area contributed by atoms with E-state index in [1.807, 2.05) is 58.2 Å². The van der Waals surface area contributed by atoms with Gasteiger partial charge in [-0.3, -0.25) is 9.48 Å². The Labute approximate surface area is 152 Å². The zero-order valence-corrected chi connectivity index (χ0v) is 14.5. The van der Waals surface area contributed by atoms with E-state index >= 15 is 0 Å². The Morgan fingerprint density at radius 2 is 1.85 bits per heavy atom. The molecule has 0 bridgehead atoms. The van der Waals surface area contributed by atoms with Gasteiger partial charge in [0.1, 0.15) is 5.54 Å². The van der Waals surface area contributed by atoms with Crippen LogP contribution in [0.15, 0.2) is 61.2 Å². The quantitative estimate of drug-likeness (QED) is 0.730. The summed E-state index contributed by atoms with van der Waals surface area (Å²) >= 11 is 0. The van der Waals surface area contributed by atoms with Crippen molar-refractivity contribution in [3.63, 3.8) is 0 Å². The van der Waals surface area contributed by atoms with Gasteiger partial charge in [0.15, 0.2) is 0 Å². The predicted octanol–water partition coefficient (Wildman–Crippen LogP) is 1.46. The number of benzene rings is 1. The van der Waals surface area contributed by atoms with Crippen LogP contribution in [0.5, 0.6) is 0 Å². The van der Waals surface area contributed by atoms with Crippen molar-refractivity contribution in [2.75, 3.05) is 13.1 Å². The molecule has 134 valence electrons. The molecule has 1 saturated heterocycles. The van der Waals surface area contributed by atoms with Crippen molar-refractivity contribution < 1.29 is 4.79 Å². The molecular weight excluding hydrogens is 328 g/mol. The molecule has 26 heavy (non-hydrogen) atoms. The van der Waals surface area contributed by atoms with Crippen molar-refractivity contribution in [3.05, 3.63) is 66.7 Å². The van der Waals surface area contributed by atoms with Crippen molar-refractivity contribution in [1.82, 2.24) is 30.2 Å². The largest absolute Gasteiger partial charge is 0.350 e. The maximum atomic E-state index is 13.2. The van der Waals surface area contributed by atoms with E-state index < -0.39 is 5.54 Å². The van der Waals surface area contributed by atoms with E-state index in [1.165, 1.54) is 0 Å². The van der Waals surface area contributed by atoms with Crippen LogP contribution in [0.3, 0.4) is 0 Å². The molecule has 3 heterocycles. The number of hydrogen-bond donors (Lipinski definition) is 2. The number of hydrogen-bond acceptors (Lipinski definition) is 4. The van der Waals surface area contributed by atoms with Gasteiger partial charge in [-0.15, -0.1) is 0 Å². The Bertz CT molecular complexity index is 850. The third kappa shape index (κ3) is 3.01. The number of carbonyl (C=O) groups excluding carboxylic acids is 1. The molecule has 0 spiro atoms. The maximum absolute atomic E-state index is 13.2. The normalized spacial score (nSPS) is 16.3. The van der Waals surface area contributed by atoms with E-state index in [9.17, 15) is 4.79 Å². The van der Waals surface area contributed by atoms with Crippen LogP contribution in [0.4, 0.5) is 0 Å². The number of piperidine rings is 1. The highest BCUT2D eigenvalue weighted by Crippen LogP contribution is 2.27. The highest BCUT2D eigenvalue weighted by molar-refractivity contribution is 5.84. The molecule has 3 aromatic rings. The summed E-state index contributed by atoms with van der Waals surface area (Å²) in [4.78, 5) is 13.2. The summed E-state index contributed by atoms with van der Waals surface area (Å²) in [5.41, 5.74) is 1.36. The molecular formula is C19H22N6O. The zero-order chi connectivity index (χ0) is 17.8. The highest BCUT2D eigenvalue weighted by Gasteiger charge is 2.41. The maximum Gasteiger partial charge on any atom is 0.248 e. The average molecular weight is 350 g/mol. The predicted molar refractivity (Wildman–Crippen MR) is 97.7 cm³/mol. The van der Waals surface area contributed by atoms with Crippen LogP contribution in [0.25, 0.3) is 5.69 Å². The van der Waals surface area contributed by atoms with Crippen molar-refractivity contribution in [2.45, 2.75) is 24.9 Å². The summed E-state index contributed by atoms with van der Waals surface area (Å²) < 4.78 is 3.62. The Morgan fingerprint density at radius 1 is 1.08 bits per heavy atom. The van der Waals surface area contributed by atoms with Crippen LogP contribution in [-0.4, -0.2) is 38.6 Å². The molecule has 4 rings (SSSR count). The summed E-state index contributed by atoms with van der Waals surface area (Å²) in [6, 6.07) is 11.7.